The van der Waals surface area contributed by atoms with E-state index in [4.69, 9.17) is 4.74 Å². The maximum absolute atomic E-state index is 14.8. The van der Waals surface area contributed by atoms with Crippen molar-refractivity contribution < 1.29 is 29.0 Å². The van der Waals surface area contributed by atoms with Gasteiger partial charge in [-0.05, 0) is 54.0 Å². The third-order valence-electron chi connectivity index (χ3n) is 10.8. The fraction of sp³-hybridized carbons (Fsp3) is 0.310. The number of rotatable bonds is 12. The summed E-state index contributed by atoms with van der Waals surface area (Å²) in [5, 5.41) is 13.8. The van der Waals surface area contributed by atoms with Crippen LogP contribution in [0.25, 0.3) is 10.9 Å². The van der Waals surface area contributed by atoms with E-state index in [0.717, 1.165) is 38.8 Å². The summed E-state index contributed by atoms with van der Waals surface area (Å²) in [6, 6.07) is 32.6. The Morgan fingerprint density at radius 2 is 1.64 bits per heavy atom. The zero-order valence-corrected chi connectivity index (χ0v) is 31.3. The molecule has 53 heavy (non-hydrogen) atoms. The maximum atomic E-state index is 14.8. The highest BCUT2D eigenvalue weighted by Crippen LogP contribution is 2.59. The molecule has 4 atom stereocenters. The topological polar surface area (TPSA) is 135 Å². The van der Waals surface area contributed by atoms with Crippen molar-refractivity contribution >= 4 is 48.3 Å². The van der Waals surface area contributed by atoms with Gasteiger partial charge < -0.3 is 34.7 Å². The number of aromatic amines is 1. The number of aliphatic hydroxyl groups is 1. The molecular weight excluding hydrogens is 685 g/mol. The van der Waals surface area contributed by atoms with Crippen molar-refractivity contribution in [1.29, 1.82) is 0 Å². The number of hydrogen-bond acceptors (Lipinski definition) is 6. The standard InChI is InChI=1S/C42H46N4O6Si/c1-28-40(53(2,3)51)37(24-39(49)45(21-22-47)26-29-11-5-4-6-12-29)52-42(28)34-14-8-10-16-36(34)46(41(42)50)27-30-17-19-32(20-18-30)44-38(48)23-31-25-43-35-15-9-7-13-33(31)35/h4-20,25,28,37,40,43,47,51H,21-24,26-27H2,1-3H3,(H,44,48)/t28-,37+,40-,42+/m0/s1. The van der Waals surface area contributed by atoms with Crippen LogP contribution in [0.15, 0.2) is 109 Å². The first-order valence-electron chi connectivity index (χ1n) is 18.2. The molecule has 0 radical (unpaired) electrons. The number of para-hydroxylation sites is 2. The van der Waals surface area contributed by atoms with Gasteiger partial charge in [0.1, 0.15) is 0 Å². The minimum absolute atomic E-state index is 0.0243. The van der Waals surface area contributed by atoms with Gasteiger partial charge in [-0.25, -0.2) is 0 Å². The molecule has 4 aromatic carbocycles. The van der Waals surface area contributed by atoms with Crippen LogP contribution in [0.2, 0.25) is 18.6 Å². The number of nitrogens with one attached hydrogen (secondary N) is 2. The minimum Gasteiger partial charge on any atom is -0.432 e. The lowest BCUT2D eigenvalue weighted by atomic mass is 9.82. The first-order valence-corrected chi connectivity index (χ1v) is 21.2. The number of benzene rings is 4. The predicted octanol–water partition coefficient (Wildman–Crippen LogP) is 6.10. The largest absolute Gasteiger partial charge is 0.432 e. The van der Waals surface area contributed by atoms with Crippen molar-refractivity contribution in [3.05, 3.63) is 132 Å². The van der Waals surface area contributed by atoms with Crippen LogP contribution >= 0.6 is 0 Å². The van der Waals surface area contributed by atoms with E-state index in [1.807, 2.05) is 129 Å². The number of carbonyl (C=O) groups excluding carboxylic acids is 3. The molecular formula is C42H46N4O6Si. The smallest absolute Gasteiger partial charge is 0.264 e. The maximum Gasteiger partial charge on any atom is 0.264 e. The van der Waals surface area contributed by atoms with E-state index in [1.54, 1.807) is 9.80 Å². The second kappa shape index (κ2) is 14.7. The molecule has 1 spiro atoms. The van der Waals surface area contributed by atoms with Crippen LogP contribution in [0.3, 0.4) is 0 Å². The van der Waals surface area contributed by atoms with E-state index < -0.39 is 31.5 Å². The summed E-state index contributed by atoms with van der Waals surface area (Å²) in [5.74, 6) is -0.972. The summed E-state index contributed by atoms with van der Waals surface area (Å²) in [5.41, 5.74) is 4.05. The zero-order valence-electron chi connectivity index (χ0n) is 30.3. The van der Waals surface area contributed by atoms with Gasteiger partial charge in [-0.1, -0.05) is 85.8 Å². The van der Waals surface area contributed by atoms with Gasteiger partial charge in [0.05, 0.1) is 37.8 Å². The highest BCUT2D eigenvalue weighted by atomic mass is 28.4. The molecule has 3 amide bonds. The summed E-state index contributed by atoms with van der Waals surface area (Å²) < 4.78 is 6.87. The molecule has 1 fully saturated rings. The normalized spacial score (nSPS) is 21.0. The molecule has 0 bridgehead atoms. The van der Waals surface area contributed by atoms with Crippen LogP contribution in [0.1, 0.15) is 35.6 Å². The van der Waals surface area contributed by atoms with Crippen molar-refractivity contribution in [3.8, 4) is 0 Å². The Morgan fingerprint density at radius 1 is 0.943 bits per heavy atom. The minimum atomic E-state index is -2.99. The molecule has 3 heterocycles. The number of H-pyrrole nitrogens is 1. The Bertz CT molecular complexity index is 2110. The first-order chi connectivity index (χ1) is 25.5. The molecule has 11 heteroatoms. The number of anilines is 2. The number of aliphatic hydroxyl groups excluding tert-OH is 1. The monoisotopic (exact) mass is 730 g/mol. The summed E-state index contributed by atoms with van der Waals surface area (Å²) in [4.78, 5) is 59.8. The van der Waals surface area contributed by atoms with Crippen molar-refractivity contribution in [2.75, 3.05) is 23.4 Å². The Balaban J connectivity index is 1.09. The van der Waals surface area contributed by atoms with Crippen LogP contribution in [0, 0.1) is 5.92 Å². The second-order valence-electron chi connectivity index (χ2n) is 14.8. The molecule has 1 saturated heterocycles. The molecule has 7 rings (SSSR count). The molecule has 0 aliphatic carbocycles. The van der Waals surface area contributed by atoms with Crippen LogP contribution in [-0.4, -0.2) is 65.1 Å². The summed E-state index contributed by atoms with van der Waals surface area (Å²) in [6.45, 7) is 6.22. The van der Waals surface area contributed by atoms with Gasteiger partial charge in [-0.3, -0.25) is 14.4 Å². The SMILES string of the molecule is C[C@H]1[C@H]([Si](C)(C)O)[C@@H](CC(=O)N(CCO)Cc2ccccc2)O[C@]12C(=O)N(Cc1ccc(NC(=O)Cc3c[nH]c4ccccc34)cc1)c1ccccc12. The second-order valence-corrected chi connectivity index (χ2v) is 18.8. The Morgan fingerprint density at radius 3 is 2.38 bits per heavy atom. The average Bonchev–Trinajstić information content (AvgIpc) is 3.76. The van der Waals surface area contributed by atoms with Gasteiger partial charge in [0.15, 0.2) is 13.9 Å². The van der Waals surface area contributed by atoms with Gasteiger partial charge in [0.2, 0.25) is 11.8 Å². The quantitative estimate of drug-likeness (QED) is 0.115. The Kier molecular flexibility index (Phi) is 10.1. The Labute approximate surface area is 310 Å². The van der Waals surface area contributed by atoms with Crippen molar-refractivity contribution in [3.63, 3.8) is 0 Å². The molecule has 1 aromatic heterocycles. The van der Waals surface area contributed by atoms with Crippen LogP contribution < -0.4 is 10.2 Å². The third-order valence-corrected chi connectivity index (χ3v) is 13.3. The fourth-order valence-corrected chi connectivity index (χ4v) is 11.0. The van der Waals surface area contributed by atoms with Crippen molar-refractivity contribution in [2.45, 2.75) is 63.2 Å². The summed E-state index contributed by atoms with van der Waals surface area (Å²) >= 11 is 0. The number of aromatic nitrogens is 1. The Hall–Kier alpha value is -5.07. The highest BCUT2D eigenvalue weighted by molar-refractivity contribution is 6.71. The van der Waals surface area contributed by atoms with Crippen LogP contribution in [0.4, 0.5) is 11.4 Å². The third kappa shape index (κ3) is 7.05. The van der Waals surface area contributed by atoms with E-state index in [1.165, 1.54) is 0 Å². The number of ether oxygens (including phenoxy) is 1. The fourth-order valence-electron chi connectivity index (χ4n) is 8.44. The molecule has 10 nitrogen and oxygen atoms in total. The molecule has 0 saturated carbocycles. The number of amides is 3. The number of hydrogen-bond donors (Lipinski definition) is 4. The molecule has 2 aliphatic rings. The highest BCUT2D eigenvalue weighted by Gasteiger charge is 2.66. The lowest BCUT2D eigenvalue weighted by molar-refractivity contribution is -0.150. The van der Waals surface area contributed by atoms with Gasteiger partial charge >= 0.3 is 0 Å². The molecule has 2 aliphatic heterocycles. The van der Waals surface area contributed by atoms with E-state index in [-0.39, 0.29) is 50.3 Å². The van der Waals surface area contributed by atoms with E-state index in [2.05, 4.69) is 10.3 Å². The van der Waals surface area contributed by atoms with Crippen molar-refractivity contribution in [2.24, 2.45) is 5.92 Å². The number of carbonyl (C=O) groups is 3. The molecule has 4 N–H and O–H groups in total. The first kappa shape index (κ1) is 36.3. The molecule has 274 valence electrons. The van der Waals surface area contributed by atoms with Gasteiger partial charge in [-0.15, -0.1) is 0 Å². The van der Waals surface area contributed by atoms with Crippen LogP contribution in [0.5, 0.6) is 0 Å². The van der Waals surface area contributed by atoms with Gasteiger partial charge in [0, 0.05) is 52.9 Å². The van der Waals surface area contributed by atoms with Gasteiger partial charge in [0.25, 0.3) is 5.91 Å². The zero-order chi connectivity index (χ0) is 37.3. The van der Waals surface area contributed by atoms with E-state index >= 15 is 0 Å². The van der Waals surface area contributed by atoms with Gasteiger partial charge in [-0.2, -0.15) is 0 Å². The van der Waals surface area contributed by atoms with Crippen LogP contribution in [-0.2, 0) is 44.2 Å². The molecule has 0 unspecified atom stereocenters. The summed E-state index contributed by atoms with van der Waals surface area (Å²) in [7, 11) is -2.99. The summed E-state index contributed by atoms with van der Waals surface area (Å²) in [6.07, 6.45) is 1.37. The van der Waals surface area contributed by atoms with E-state index in [9.17, 15) is 24.3 Å². The van der Waals surface area contributed by atoms with E-state index in [0.29, 0.717) is 12.2 Å². The van der Waals surface area contributed by atoms with Crippen molar-refractivity contribution in [1.82, 2.24) is 9.88 Å². The number of fused-ring (bicyclic) bond motifs is 3. The number of nitrogens with zero attached hydrogens (tertiary/aromatic N) is 2. The predicted molar refractivity (Wildman–Crippen MR) is 207 cm³/mol. The lowest BCUT2D eigenvalue weighted by Gasteiger charge is -2.32. The average molecular weight is 731 g/mol. The lowest BCUT2D eigenvalue weighted by Crippen LogP contribution is -2.46. The molecule has 5 aromatic rings.